The van der Waals surface area contributed by atoms with Crippen LogP contribution < -0.4 is 15.4 Å². The summed E-state index contributed by atoms with van der Waals surface area (Å²) < 4.78 is 13.8. The Bertz CT molecular complexity index is 1560. The fourth-order valence-electron chi connectivity index (χ4n) is 7.54. The van der Waals surface area contributed by atoms with Crippen molar-refractivity contribution in [1.82, 2.24) is 25.2 Å². The second-order valence-electron chi connectivity index (χ2n) is 12.3. The smallest absolute Gasteiger partial charge is 0.247 e. The topological polar surface area (TPSA) is 148 Å². The lowest BCUT2D eigenvalue weighted by Crippen LogP contribution is -2.59. The Morgan fingerprint density at radius 3 is 2.59 bits per heavy atom. The summed E-state index contributed by atoms with van der Waals surface area (Å²) in [5.74, 6) is -2.22. The third-order valence-corrected chi connectivity index (χ3v) is 9.85. The molecular weight excluding hydrogens is 564 g/mol. The minimum Gasteiger partial charge on any atom is -0.494 e. The Morgan fingerprint density at radius 2 is 1.89 bits per heavy atom. The third kappa shape index (κ3) is 4.71. The van der Waals surface area contributed by atoms with Gasteiger partial charge in [0, 0.05) is 5.69 Å². The number of aliphatic hydroxyl groups excluding tert-OH is 1. The number of likely N-dealkylation sites (tertiary alicyclic amines) is 1. The molecule has 2 bridgehead atoms. The van der Waals surface area contributed by atoms with E-state index in [0.29, 0.717) is 42.8 Å². The monoisotopic (exact) mass is 604 g/mol. The van der Waals surface area contributed by atoms with Crippen molar-refractivity contribution in [2.24, 2.45) is 17.8 Å². The van der Waals surface area contributed by atoms with Crippen LogP contribution in [0, 0.1) is 17.8 Å². The lowest BCUT2D eigenvalue weighted by Gasteiger charge is -2.39. The first-order chi connectivity index (χ1) is 21.2. The van der Waals surface area contributed by atoms with Crippen LogP contribution in [0.2, 0.25) is 0 Å². The number of ether oxygens (including phenoxy) is 2. The Morgan fingerprint density at radius 1 is 1.14 bits per heavy atom. The second kappa shape index (κ2) is 11.5. The van der Waals surface area contributed by atoms with Crippen molar-refractivity contribution in [1.29, 1.82) is 0 Å². The van der Waals surface area contributed by atoms with Gasteiger partial charge >= 0.3 is 0 Å². The lowest BCUT2D eigenvalue weighted by molar-refractivity contribution is -0.150. The number of rotatable bonds is 11. The van der Waals surface area contributed by atoms with Gasteiger partial charge in [-0.05, 0) is 69.0 Å². The first-order valence-corrected chi connectivity index (χ1v) is 15.4. The summed E-state index contributed by atoms with van der Waals surface area (Å²) in [5.41, 5.74) is -0.131. The van der Waals surface area contributed by atoms with E-state index in [2.05, 4.69) is 20.9 Å². The van der Waals surface area contributed by atoms with Crippen LogP contribution in [0.4, 0.5) is 5.69 Å². The normalized spacial score (nSPS) is 28.6. The maximum Gasteiger partial charge on any atom is 0.247 e. The lowest BCUT2D eigenvalue weighted by atomic mass is 9.66. The van der Waals surface area contributed by atoms with Crippen LogP contribution in [0.15, 0.2) is 48.5 Å². The SMILES string of the molecule is CCOc1ccc(NC(=O)[C@@H]2[C@H]3C(=O)N([C@@H](CO)[C@@H](C)CC)C(C(=O)NCn4nnc5ccccc54)C34CC[C@@]2(C)O4)cc1. The number of hydrogen-bond donors (Lipinski definition) is 3. The zero-order valence-electron chi connectivity index (χ0n) is 25.5. The zero-order chi connectivity index (χ0) is 31.2. The summed E-state index contributed by atoms with van der Waals surface area (Å²) >= 11 is 0. The van der Waals surface area contributed by atoms with Gasteiger partial charge < -0.3 is 30.1 Å². The van der Waals surface area contributed by atoms with E-state index in [0.717, 1.165) is 5.52 Å². The Labute approximate surface area is 256 Å². The number of benzene rings is 2. The standard InChI is InChI=1S/C32H40N6O6/c1-5-19(3)24(17-39)38-27(29(41)33-18-37-23-10-8-7-9-22(23)35-36-37)32-16-15-31(4,44-32)25(26(32)30(38)42)28(40)34-20-11-13-21(14-12-20)43-6-2/h7-14,19,24-27,39H,5-6,15-18H2,1-4H3,(H,33,41)(H,34,40)/t19-,24-,25-,26-,27?,31+,32?/m0/s1. The van der Waals surface area contributed by atoms with Gasteiger partial charge in [-0.15, -0.1) is 5.10 Å². The van der Waals surface area contributed by atoms with Crippen molar-refractivity contribution in [3.8, 4) is 5.75 Å². The maximum atomic E-state index is 14.5. The molecule has 3 aromatic rings. The molecule has 0 saturated carbocycles. The van der Waals surface area contributed by atoms with Crippen LogP contribution in [0.3, 0.4) is 0 Å². The van der Waals surface area contributed by atoms with E-state index in [1.807, 2.05) is 52.0 Å². The quantitative estimate of drug-likeness (QED) is 0.303. The second-order valence-corrected chi connectivity index (χ2v) is 12.3. The Balaban J connectivity index is 1.32. The van der Waals surface area contributed by atoms with Crippen molar-refractivity contribution in [2.45, 2.75) is 76.9 Å². The molecule has 1 aromatic heterocycles. The molecule has 1 spiro atoms. The molecule has 4 heterocycles. The van der Waals surface area contributed by atoms with Gasteiger partial charge in [0.05, 0.1) is 42.2 Å². The van der Waals surface area contributed by atoms with Crippen LogP contribution in [-0.2, 0) is 25.8 Å². The molecule has 2 aromatic carbocycles. The molecular formula is C32H40N6O6. The van der Waals surface area contributed by atoms with Crippen molar-refractivity contribution in [3.05, 3.63) is 48.5 Å². The first kappa shape index (κ1) is 30.0. The molecule has 12 heteroatoms. The summed E-state index contributed by atoms with van der Waals surface area (Å²) in [4.78, 5) is 44.1. The number of aromatic nitrogens is 3. The summed E-state index contributed by atoms with van der Waals surface area (Å²) in [5, 5.41) is 24.8. The predicted octanol–water partition coefficient (Wildman–Crippen LogP) is 2.71. The van der Waals surface area contributed by atoms with E-state index >= 15 is 0 Å². The number of amides is 3. The van der Waals surface area contributed by atoms with Gasteiger partial charge in [0.25, 0.3) is 0 Å². The van der Waals surface area contributed by atoms with E-state index in [-0.39, 0.29) is 31.0 Å². The highest BCUT2D eigenvalue weighted by atomic mass is 16.5. The number of nitrogens with zero attached hydrogens (tertiary/aromatic N) is 4. The average Bonchev–Trinajstić information content (AvgIpc) is 3.73. The van der Waals surface area contributed by atoms with Gasteiger partial charge in [-0.3, -0.25) is 14.4 Å². The van der Waals surface area contributed by atoms with E-state index in [1.165, 1.54) is 4.90 Å². The van der Waals surface area contributed by atoms with Gasteiger partial charge in [-0.25, -0.2) is 4.68 Å². The number of hydrogen-bond acceptors (Lipinski definition) is 8. The number of para-hydroxylation sites is 1. The highest BCUT2D eigenvalue weighted by Crippen LogP contribution is 2.63. The highest BCUT2D eigenvalue weighted by Gasteiger charge is 2.78. The van der Waals surface area contributed by atoms with E-state index in [9.17, 15) is 19.5 Å². The van der Waals surface area contributed by atoms with E-state index in [1.54, 1.807) is 28.9 Å². The summed E-state index contributed by atoms with van der Waals surface area (Å²) in [6.45, 7) is 7.93. The van der Waals surface area contributed by atoms with Gasteiger partial charge in [0.2, 0.25) is 17.7 Å². The number of anilines is 1. The molecule has 12 nitrogen and oxygen atoms in total. The molecule has 6 rings (SSSR count). The maximum absolute atomic E-state index is 14.5. The number of carbonyl (C=O) groups is 3. The summed E-state index contributed by atoms with van der Waals surface area (Å²) in [6.07, 6.45) is 1.63. The zero-order valence-corrected chi connectivity index (χ0v) is 25.5. The molecule has 3 saturated heterocycles. The molecule has 2 unspecified atom stereocenters. The minimum atomic E-state index is -1.22. The summed E-state index contributed by atoms with van der Waals surface area (Å²) in [6, 6.07) is 12.8. The fourth-order valence-corrected chi connectivity index (χ4v) is 7.54. The van der Waals surface area contributed by atoms with Gasteiger partial charge in [0.1, 0.15) is 29.6 Å². The molecule has 3 aliphatic rings. The van der Waals surface area contributed by atoms with Crippen LogP contribution in [0.5, 0.6) is 5.75 Å². The highest BCUT2D eigenvalue weighted by molar-refractivity contribution is 6.02. The number of aliphatic hydroxyl groups is 1. The molecule has 3 fully saturated rings. The van der Waals surface area contributed by atoms with Crippen LogP contribution >= 0.6 is 0 Å². The van der Waals surface area contributed by atoms with Crippen LogP contribution in [0.1, 0.15) is 47.0 Å². The average molecular weight is 605 g/mol. The third-order valence-electron chi connectivity index (χ3n) is 9.85. The van der Waals surface area contributed by atoms with E-state index in [4.69, 9.17) is 9.47 Å². The molecule has 3 N–H and O–H groups in total. The Kier molecular flexibility index (Phi) is 7.83. The molecule has 234 valence electrons. The largest absolute Gasteiger partial charge is 0.494 e. The van der Waals surface area contributed by atoms with Gasteiger partial charge in [0.15, 0.2) is 0 Å². The molecule has 0 aliphatic carbocycles. The van der Waals surface area contributed by atoms with Gasteiger partial charge in [-0.1, -0.05) is 37.6 Å². The minimum absolute atomic E-state index is 0.0324. The predicted molar refractivity (Wildman–Crippen MR) is 161 cm³/mol. The van der Waals surface area contributed by atoms with Crippen LogP contribution in [-0.4, -0.2) is 79.2 Å². The first-order valence-electron chi connectivity index (χ1n) is 15.4. The molecule has 3 amide bonds. The Hall–Kier alpha value is -4.03. The number of nitrogens with one attached hydrogen (secondary N) is 2. The molecule has 44 heavy (non-hydrogen) atoms. The fraction of sp³-hybridized carbons (Fsp3) is 0.531. The molecule has 7 atom stereocenters. The van der Waals surface area contributed by atoms with E-state index < -0.39 is 41.0 Å². The number of fused-ring (bicyclic) bond motifs is 2. The van der Waals surface area contributed by atoms with Crippen molar-refractivity contribution >= 4 is 34.4 Å². The molecule has 3 aliphatic heterocycles. The number of carbonyl (C=O) groups excluding carboxylic acids is 3. The molecule has 0 radical (unpaired) electrons. The van der Waals surface area contributed by atoms with Crippen molar-refractivity contribution < 1.29 is 29.0 Å². The van der Waals surface area contributed by atoms with Crippen LogP contribution in [0.25, 0.3) is 11.0 Å². The summed E-state index contributed by atoms with van der Waals surface area (Å²) in [7, 11) is 0. The van der Waals surface area contributed by atoms with Crippen molar-refractivity contribution in [3.63, 3.8) is 0 Å². The van der Waals surface area contributed by atoms with Crippen molar-refractivity contribution in [2.75, 3.05) is 18.5 Å². The van der Waals surface area contributed by atoms with Gasteiger partial charge in [-0.2, -0.15) is 0 Å².